The molecule has 1 N–H and O–H groups in total. The number of hydrogen-bond donors (Lipinski definition) is 1. The molecule has 104 valence electrons. The molecule has 3 aliphatic rings. The van der Waals surface area contributed by atoms with Crippen molar-refractivity contribution < 1.29 is 9.47 Å². The topological polar surface area (TPSA) is 30.5 Å². The van der Waals surface area contributed by atoms with Crippen molar-refractivity contribution in [3.63, 3.8) is 0 Å². The van der Waals surface area contributed by atoms with Crippen molar-refractivity contribution in [3.8, 4) is 0 Å². The van der Waals surface area contributed by atoms with Gasteiger partial charge in [-0.15, -0.1) is 0 Å². The highest BCUT2D eigenvalue weighted by molar-refractivity contribution is 5.12. The molecule has 1 aliphatic heterocycles. The van der Waals surface area contributed by atoms with E-state index in [0.717, 1.165) is 32.3 Å². The summed E-state index contributed by atoms with van der Waals surface area (Å²) < 4.78 is 11.4. The Bertz CT molecular complexity index is 272. The number of hydrogen-bond acceptors (Lipinski definition) is 3. The van der Waals surface area contributed by atoms with Crippen LogP contribution in [0.15, 0.2) is 0 Å². The Morgan fingerprint density at radius 3 is 2.83 bits per heavy atom. The van der Waals surface area contributed by atoms with Crippen molar-refractivity contribution in [2.45, 2.75) is 57.6 Å². The van der Waals surface area contributed by atoms with Gasteiger partial charge >= 0.3 is 0 Å². The maximum atomic E-state index is 5.89. The Morgan fingerprint density at radius 1 is 1.33 bits per heavy atom. The highest BCUT2D eigenvalue weighted by Crippen LogP contribution is 2.57. The molecule has 1 spiro atoms. The quantitative estimate of drug-likeness (QED) is 0.816. The molecule has 2 saturated carbocycles. The summed E-state index contributed by atoms with van der Waals surface area (Å²) in [5.74, 6) is 0.738. The monoisotopic (exact) mass is 253 g/mol. The van der Waals surface area contributed by atoms with E-state index in [1.54, 1.807) is 0 Å². The minimum Gasteiger partial charge on any atom is -0.381 e. The van der Waals surface area contributed by atoms with Gasteiger partial charge < -0.3 is 14.8 Å². The van der Waals surface area contributed by atoms with Gasteiger partial charge in [0.2, 0.25) is 0 Å². The minimum atomic E-state index is 0.505. The fraction of sp³-hybridized carbons (Fsp3) is 1.00. The van der Waals surface area contributed by atoms with Crippen LogP contribution in [0.25, 0.3) is 0 Å². The van der Waals surface area contributed by atoms with Crippen LogP contribution in [0.5, 0.6) is 0 Å². The maximum Gasteiger partial charge on any atom is 0.0661 e. The molecular formula is C15H27NO2. The summed E-state index contributed by atoms with van der Waals surface area (Å²) >= 11 is 0. The SMILES string of the molecule is CCOC1CC(NCC2CCCOC2)C12CCC2. The van der Waals surface area contributed by atoms with Crippen LogP contribution in [0.2, 0.25) is 0 Å². The van der Waals surface area contributed by atoms with Crippen molar-refractivity contribution in [3.05, 3.63) is 0 Å². The van der Waals surface area contributed by atoms with Crippen molar-refractivity contribution in [1.29, 1.82) is 0 Å². The standard InChI is InChI=1S/C15H27NO2/c1-2-18-14-9-13(15(14)6-4-7-15)16-10-12-5-3-8-17-11-12/h12-14,16H,2-11H2,1H3. The normalized spacial score (nSPS) is 38.2. The second kappa shape index (κ2) is 5.48. The summed E-state index contributed by atoms with van der Waals surface area (Å²) in [6, 6.07) is 0.713. The first-order valence-corrected chi connectivity index (χ1v) is 7.78. The smallest absolute Gasteiger partial charge is 0.0661 e. The molecule has 3 heteroatoms. The highest BCUT2D eigenvalue weighted by Gasteiger charge is 2.58. The molecule has 3 atom stereocenters. The van der Waals surface area contributed by atoms with Gasteiger partial charge in [-0.2, -0.15) is 0 Å². The van der Waals surface area contributed by atoms with Crippen LogP contribution >= 0.6 is 0 Å². The number of ether oxygens (including phenoxy) is 2. The van der Waals surface area contributed by atoms with E-state index >= 15 is 0 Å². The van der Waals surface area contributed by atoms with Gasteiger partial charge in [0.05, 0.1) is 12.7 Å². The molecular weight excluding hydrogens is 226 g/mol. The average molecular weight is 253 g/mol. The molecule has 0 aromatic heterocycles. The molecule has 2 aliphatic carbocycles. The Kier molecular flexibility index (Phi) is 3.92. The minimum absolute atomic E-state index is 0.505. The summed E-state index contributed by atoms with van der Waals surface area (Å²) in [5, 5.41) is 3.81. The molecule has 3 fully saturated rings. The van der Waals surface area contributed by atoms with Crippen LogP contribution in [0.1, 0.15) is 45.4 Å². The van der Waals surface area contributed by atoms with E-state index in [2.05, 4.69) is 12.2 Å². The average Bonchev–Trinajstić information content (AvgIpc) is 2.32. The Labute approximate surface area is 111 Å². The first-order valence-electron chi connectivity index (χ1n) is 7.78. The summed E-state index contributed by atoms with van der Waals surface area (Å²) in [6.07, 6.45) is 8.48. The second-order valence-corrected chi connectivity index (χ2v) is 6.31. The third kappa shape index (κ3) is 2.21. The van der Waals surface area contributed by atoms with Crippen LogP contribution in [-0.4, -0.2) is 38.5 Å². The summed E-state index contributed by atoms with van der Waals surface area (Å²) in [4.78, 5) is 0. The van der Waals surface area contributed by atoms with E-state index in [-0.39, 0.29) is 0 Å². The van der Waals surface area contributed by atoms with Crippen molar-refractivity contribution in [2.24, 2.45) is 11.3 Å². The summed E-state index contributed by atoms with van der Waals surface area (Å²) in [5.41, 5.74) is 0.505. The zero-order valence-electron chi connectivity index (χ0n) is 11.6. The van der Waals surface area contributed by atoms with Crippen LogP contribution in [0.3, 0.4) is 0 Å². The van der Waals surface area contributed by atoms with Gasteiger partial charge in [0.25, 0.3) is 0 Å². The van der Waals surface area contributed by atoms with E-state index in [0.29, 0.717) is 17.6 Å². The molecule has 0 aromatic carbocycles. The molecule has 1 saturated heterocycles. The molecule has 1 heterocycles. The molecule has 0 bridgehead atoms. The molecule has 0 radical (unpaired) electrons. The lowest BCUT2D eigenvalue weighted by Gasteiger charge is -2.61. The third-order valence-electron chi connectivity index (χ3n) is 5.34. The predicted octanol–water partition coefficient (Wildman–Crippen LogP) is 2.35. The van der Waals surface area contributed by atoms with Gasteiger partial charge in [-0.25, -0.2) is 0 Å². The van der Waals surface area contributed by atoms with E-state index < -0.39 is 0 Å². The van der Waals surface area contributed by atoms with Gasteiger partial charge in [-0.3, -0.25) is 0 Å². The van der Waals surface area contributed by atoms with Crippen molar-refractivity contribution >= 4 is 0 Å². The molecule has 0 amide bonds. The fourth-order valence-corrected chi connectivity index (χ4v) is 4.00. The zero-order chi connectivity index (χ0) is 12.4. The van der Waals surface area contributed by atoms with Gasteiger partial charge in [-0.1, -0.05) is 6.42 Å². The third-order valence-corrected chi connectivity index (χ3v) is 5.34. The van der Waals surface area contributed by atoms with E-state index in [9.17, 15) is 0 Å². The van der Waals surface area contributed by atoms with E-state index in [1.165, 1.54) is 38.5 Å². The first kappa shape index (κ1) is 12.9. The number of rotatable bonds is 5. The zero-order valence-corrected chi connectivity index (χ0v) is 11.6. The first-order chi connectivity index (χ1) is 8.85. The lowest BCUT2D eigenvalue weighted by atomic mass is 9.51. The molecule has 0 aromatic rings. The van der Waals surface area contributed by atoms with E-state index in [1.807, 2.05) is 0 Å². The van der Waals surface area contributed by atoms with Gasteiger partial charge in [0.1, 0.15) is 0 Å². The van der Waals surface area contributed by atoms with Gasteiger partial charge in [0, 0.05) is 31.2 Å². The second-order valence-electron chi connectivity index (χ2n) is 6.31. The Balaban J connectivity index is 1.46. The molecule has 3 unspecified atom stereocenters. The van der Waals surface area contributed by atoms with Crippen LogP contribution < -0.4 is 5.32 Å². The van der Waals surface area contributed by atoms with Crippen LogP contribution in [-0.2, 0) is 9.47 Å². The Morgan fingerprint density at radius 2 is 2.22 bits per heavy atom. The lowest BCUT2D eigenvalue weighted by Crippen LogP contribution is -2.67. The number of nitrogens with one attached hydrogen (secondary N) is 1. The van der Waals surface area contributed by atoms with Gasteiger partial charge in [0.15, 0.2) is 0 Å². The fourth-order valence-electron chi connectivity index (χ4n) is 4.00. The van der Waals surface area contributed by atoms with Crippen LogP contribution in [0.4, 0.5) is 0 Å². The van der Waals surface area contributed by atoms with Crippen molar-refractivity contribution in [2.75, 3.05) is 26.4 Å². The summed E-state index contributed by atoms with van der Waals surface area (Å²) in [6.45, 7) is 6.06. The molecule has 3 rings (SSSR count). The highest BCUT2D eigenvalue weighted by atomic mass is 16.5. The lowest BCUT2D eigenvalue weighted by molar-refractivity contribution is -0.173. The summed E-state index contributed by atoms with van der Waals surface area (Å²) in [7, 11) is 0. The largest absolute Gasteiger partial charge is 0.381 e. The predicted molar refractivity (Wildman–Crippen MR) is 71.6 cm³/mol. The van der Waals surface area contributed by atoms with Gasteiger partial charge in [-0.05, 0) is 44.9 Å². The van der Waals surface area contributed by atoms with Crippen molar-refractivity contribution in [1.82, 2.24) is 5.32 Å². The molecule has 3 nitrogen and oxygen atoms in total. The van der Waals surface area contributed by atoms with Crippen LogP contribution in [0, 0.1) is 11.3 Å². The maximum absolute atomic E-state index is 5.89. The van der Waals surface area contributed by atoms with E-state index in [4.69, 9.17) is 9.47 Å². The Hall–Kier alpha value is -0.120. The molecule has 18 heavy (non-hydrogen) atoms.